The van der Waals surface area contributed by atoms with Gasteiger partial charge in [0.2, 0.25) is 5.91 Å². The number of carbonyl (C=O) groups is 1. The lowest BCUT2D eigenvalue weighted by Crippen LogP contribution is -2.31. The highest BCUT2D eigenvalue weighted by Crippen LogP contribution is 2.24. The Morgan fingerprint density at radius 3 is 2.82 bits per heavy atom. The van der Waals surface area contributed by atoms with Crippen molar-refractivity contribution < 1.29 is 4.79 Å². The first-order chi connectivity index (χ1) is 7.99. The first-order valence-electron chi connectivity index (χ1n) is 5.47. The van der Waals surface area contributed by atoms with E-state index >= 15 is 0 Å². The quantitative estimate of drug-likeness (QED) is 0.730. The van der Waals surface area contributed by atoms with Gasteiger partial charge in [-0.15, -0.1) is 0 Å². The Balaban J connectivity index is 2.40. The number of hydrogen-bond acceptors (Lipinski definition) is 2. The van der Waals surface area contributed by atoms with Gasteiger partial charge in [-0.25, -0.2) is 0 Å². The van der Waals surface area contributed by atoms with Crippen LogP contribution in [0.5, 0.6) is 0 Å². The third-order valence-electron chi connectivity index (χ3n) is 2.05. The molecule has 0 heterocycles. The average molecular weight is 411 g/mol. The second-order valence-corrected chi connectivity index (χ2v) is 6.12. The van der Waals surface area contributed by atoms with Crippen LogP contribution in [0.15, 0.2) is 22.7 Å². The monoisotopic (exact) mass is 410 g/mol. The van der Waals surface area contributed by atoms with E-state index in [0.717, 1.165) is 10.2 Å². The van der Waals surface area contributed by atoms with Gasteiger partial charge in [-0.2, -0.15) is 0 Å². The largest absolute Gasteiger partial charge is 0.384 e. The average Bonchev–Trinajstić information content (AvgIpc) is 2.22. The van der Waals surface area contributed by atoms with Crippen LogP contribution in [0.1, 0.15) is 20.3 Å². The first-order valence-corrected chi connectivity index (χ1v) is 7.34. The standard InChI is InChI=1S/C12H16BrIN2O/c1-8(2)16-12(17)5-6-15-11-7-9(14)3-4-10(11)13/h3-4,7-8,15H,5-6H2,1-2H3,(H,16,17). The molecule has 0 aromatic heterocycles. The molecular weight excluding hydrogens is 395 g/mol. The van der Waals surface area contributed by atoms with E-state index in [1.54, 1.807) is 0 Å². The molecule has 0 radical (unpaired) electrons. The molecule has 0 fully saturated rings. The topological polar surface area (TPSA) is 41.1 Å². The lowest BCUT2D eigenvalue weighted by molar-refractivity contribution is -0.121. The lowest BCUT2D eigenvalue weighted by atomic mass is 10.3. The maximum atomic E-state index is 11.4. The summed E-state index contributed by atoms with van der Waals surface area (Å²) in [6, 6.07) is 6.27. The summed E-state index contributed by atoms with van der Waals surface area (Å²) in [6.07, 6.45) is 0.482. The van der Waals surface area contributed by atoms with Crippen LogP contribution in [0.3, 0.4) is 0 Å². The van der Waals surface area contributed by atoms with Crippen molar-refractivity contribution in [3.8, 4) is 0 Å². The fourth-order valence-corrected chi connectivity index (χ4v) is 2.22. The number of hydrogen-bond donors (Lipinski definition) is 2. The summed E-state index contributed by atoms with van der Waals surface area (Å²) in [5.74, 6) is 0.0780. The van der Waals surface area contributed by atoms with E-state index in [1.807, 2.05) is 32.0 Å². The van der Waals surface area contributed by atoms with Crippen LogP contribution in [0.25, 0.3) is 0 Å². The van der Waals surface area contributed by atoms with Gasteiger partial charge in [0.05, 0.1) is 0 Å². The molecule has 0 bridgehead atoms. The third-order valence-corrected chi connectivity index (χ3v) is 3.41. The molecule has 17 heavy (non-hydrogen) atoms. The van der Waals surface area contributed by atoms with Gasteiger partial charge in [0.1, 0.15) is 0 Å². The molecule has 1 amide bonds. The van der Waals surface area contributed by atoms with Gasteiger partial charge in [-0.3, -0.25) is 4.79 Å². The molecule has 1 aromatic carbocycles. The van der Waals surface area contributed by atoms with Crippen molar-refractivity contribution in [3.05, 3.63) is 26.2 Å². The van der Waals surface area contributed by atoms with E-state index < -0.39 is 0 Å². The van der Waals surface area contributed by atoms with Gasteiger partial charge in [-0.05, 0) is 70.6 Å². The number of halogens is 2. The van der Waals surface area contributed by atoms with Crippen molar-refractivity contribution in [1.29, 1.82) is 0 Å². The molecule has 0 saturated carbocycles. The summed E-state index contributed by atoms with van der Waals surface area (Å²) in [5, 5.41) is 6.11. The Bertz CT molecular complexity index is 396. The molecular formula is C12H16BrIN2O. The van der Waals surface area contributed by atoms with Crippen LogP contribution in [-0.2, 0) is 4.79 Å². The summed E-state index contributed by atoms with van der Waals surface area (Å²) in [6.45, 7) is 4.56. The van der Waals surface area contributed by atoms with Crippen molar-refractivity contribution in [1.82, 2.24) is 5.32 Å². The Hall–Kier alpha value is -0.300. The van der Waals surface area contributed by atoms with E-state index in [4.69, 9.17) is 0 Å². The van der Waals surface area contributed by atoms with Crippen LogP contribution in [0, 0.1) is 3.57 Å². The van der Waals surface area contributed by atoms with Crippen molar-refractivity contribution in [3.63, 3.8) is 0 Å². The maximum Gasteiger partial charge on any atom is 0.221 e. The zero-order valence-electron chi connectivity index (χ0n) is 9.89. The van der Waals surface area contributed by atoms with Crippen LogP contribution in [0.2, 0.25) is 0 Å². The molecule has 5 heteroatoms. The van der Waals surface area contributed by atoms with Gasteiger partial charge in [0.15, 0.2) is 0 Å². The molecule has 1 aromatic rings. The molecule has 0 aliphatic carbocycles. The zero-order chi connectivity index (χ0) is 12.8. The van der Waals surface area contributed by atoms with Crippen molar-refractivity contribution in [2.45, 2.75) is 26.3 Å². The third kappa shape index (κ3) is 5.72. The van der Waals surface area contributed by atoms with Gasteiger partial charge in [0.25, 0.3) is 0 Å². The fourth-order valence-electron chi connectivity index (χ4n) is 1.34. The lowest BCUT2D eigenvalue weighted by Gasteiger charge is -2.11. The van der Waals surface area contributed by atoms with Crippen LogP contribution >= 0.6 is 38.5 Å². The van der Waals surface area contributed by atoms with Crippen LogP contribution in [-0.4, -0.2) is 18.5 Å². The van der Waals surface area contributed by atoms with Gasteiger partial charge < -0.3 is 10.6 Å². The normalized spacial score (nSPS) is 10.4. The highest BCUT2D eigenvalue weighted by Gasteiger charge is 2.04. The molecule has 0 atom stereocenters. The predicted molar refractivity (Wildman–Crippen MR) is 83.2 cm³/mol. The summed E-state index contributed by atoms with van der Waals surface area (Å²) in [4.78, 5) is 11.4. The minimum atomic E-state index is 0.0780. The zero-order valence-corrected chi connectivity index (χ0v) is 13.6. The molecule has 0 aliphatic heterocycles. The number of amides is 1. The smallest absolute Gasteiger partial charge is 0.221 e. The Labute approximate surface area is 124 Å². The van der Waals surface area contributed by atoms with E-state index in [9.17, 15) is 4.79 Å². The highest BCUT2D eigenvalue weighted by molar-refractivity contribution is 14.1. The molecule has 94 valence electrons. The van der Waals surface area contributed by atoms with E-state index in [-0.39, 0.29) is 11.9 Å². The number of rotatable bonds is 5. The van der Waals surface area contributed by atoms with Crippen LogP contribution < -0.4 is 10.6 Å². The molecule has 0 saturated heterocycles. The van der Waals surface area contributed by atoms with E-state index in [1.165, 1.54) is 3.57 Å². The minimum Gasteiger partial charge on any atom is -0.384 e. The summed E-state index contributed by atoms with van der Waals surface area (Å²) >= 11 is 5.73. The summed E-state index contributed by atoms with van der Waals surface area (Å²) < 4.78 is 2.18. The summed E-state index contributed by atoms with van der Waals surface area (Å²) in [5.41, 5.74) is 1.02. The van der Waals surface area contributed by atoms with Gasteiger partial charge in [0, 0.05) is 32.7 Å². The number of carbonyl (C=O) groups excluding carboxylic acids is 1. The summed E-state index contributed by atoms with van der Waals surface area (Å²) in [7, 11) is 0. The second-order valence-electron chi connectivity index (χ2n) is 4.02. The molecule has 3 nitrogen and oxygen atoms in total. The van der Waals surface area contributed by atoms with Crippen molar-refractivity contribution in [2.75, 3.05) is 11.9 Å². The molecule has 0 aliphatic rings. The molecule has 2 N–H and O–H groups in total. The fraction of sp³-hybridized carbons (Fsp3) is 0.417. The number of benzene rings is 1. The van der Waals surface area contributed by atoms with Crippen molar-refractivity contribution in [2.24, 2.45) is 0 Å². The second kappa shape index (κ2) is 7.20. The SMILES string of the molecule is CC(C)NC(=O)CCNc1cc(I)ccc1Br. The molecule has 0 spiro atoms. The number of nitrogens with one attached hydrogen (secondary N) is 2. The minimum absolute atomic E-state index is 0.0780. The number of anilines is 1. The molecule has 1 rings (SSSR count). The predicted octanol–water partition coefficient (Wildman–Crippen LogP) is 3.38. The Morgan fingerprint density at radius 2 is 2.18 bits per heavy atom. The highest BCUT2D eigenvalue weighted by atomic mass is 127. The van der Waals surface area contributed by atoms with Gasteiger partial charge >= 0.3 is 0 Å². The van der Waals surface area contributed by atoms with Crippen LogP contribution in [0.4, 0.5) is 5.69 Å². The Kier molecular flexibility index (Phi) is 6.26. The molecule has 0 unspecified atom stereocenters. The Morgan fingerprint density at radius 1 is 1.47 bits per heavy atom. The van der Waals surface area contributed by atoms with E-state index in [2.05, 4.69) is 49.2 Å². The van der Waals surface area contributed by atoms with Crippen molar-refractivity contribution >= 4 is 50.1 Å². The first kappa shape index (κ1) is 14.8. The van der Waals surface area contributed by atoms with Gasteiger partial charge in [-0.1, -0.05) is 0 Å². The maximum absolute atomic E-state index is 11.4. The van der Waals surface area contributed by atoms with E-state index in [0.29, 0.717) is 13.0 Å².